The van der Waals surface area contributed by atoms with E-state index in [-0.39, 0.29) is 0 Å². The molecular weight excluding hydrogens is 288 g/mol. The van der Waals surface area contributed by atoms with Gasteiger partial charge in [-0.15, -0.1) is 10.2 Å². The first-order chi connectivity index (χ1) is 6.25. The molecule has 2 aromatic rings. The van der Waals surface area contributed by atoms with Crippen molar-refractivity contribution in [1.82, 2.24) is 15.2 Å². The van der Waals surface area contributed by atoms with Gasteiger partial charge in [0.15, 0.2) is 0 Å². The maximum atomic E-state index is 12.5. The van der Waals surface area contributed by atoms with Crippen LogP contribution in [0.4, 0.5) is 4.39 Å². The highest BCUT2D eigenvalue weighted by atomic mass is 127. The molecule has 0 fully saturated rings. The van der Waals surface area contributed by atoms with Gasteiger partial charge in [-0.1, -0.05) is 0 Å². The first-order valence-corrected chi connectivity index (χ1v) is 4.44. The van der Waals surface area contributed by atoms with E-state index in [9.17, 15) is 4.39 Å². The fraction of sp³-hybridized carbons (Fsp3) is 0. The quantitative estimate of drug-likeness (QED) is 0.753. The standard InChI is InChI=1S/C7H3FIN3O/c8-4-1-2-5(10-3-4)6-11-12-7(9)13-6/h1-3H. The Morgan fingerprint density at radius 2 is 2.15 bits per heavy atom. The van der Waals surface area contributed by atoms with Crippen LogP contribution in [0.2, 0.25) is 0 Å². The third kappa shape index (κ3) is 1.82. The molecule has 0 N–H and O–H groups in total. The molecule has 0 saturated heterocycles. The number of hydrogen-bond acceptors (Lipinski definition) is 4. The van der Waals surface area contributed by atoms with Crippen LogP contribution in [-0.2, 0) is 0 Å². The highest BCUT2D eigenvalue weighted by Crippen LogP contribution is 2.15. The normalized spacial score (nSPS) is 10.3. The van der Waals surface area contributed by atoms with E-state index in [1.807, 2.05) is 22.6 Å². The summed E-state index contributed by atoms with van der Waals surface area (Å²) in [5.41, 5.74) is 0.469. The van der Waals surface area contributed by atoms with E-state index in [1.165, 1.54) is 12.1 Å². The van der Waals surface area contributed by atoms with Gasteiger partial charge in [-0.05, 0) is 12.1 Å². The van der Waals surface area contributed by atoms with Crippen LogP contribution in [0.5, 0.6) is 0 Å². The van der Waals surface area contributed by atoms with Gasteiger partial charge in [0.25, 0.3) is 9.79 Å². The highest BCUT2D eigenvalue weighted by molar-refractivity contribution is 14.1. The van der Waals surface area contributed by atoms with Crippen LogP contribution in [0.3, 0.4) is 0 Å². The van der Waals surface area contributed by atoms with Crippen LogP contribution in [0.1, 0.15) is 0 Å². The largest absolute Gasteiger partial charge is 0.410 e. The minimum atomic E-state index is -0.391. The Morgan fingerprint density at radius 1 is 1.31 bits per heavy atom. The Morgan fingerprint density at radius 3 is 2.69 bits per heavy atom. The summed E-state index contributed by atoms with van der Waals surface area (Å²) in [7, 11) is 0. The molecule has 0 atom stereocenters. The Hall–Kier alpha value is -1.05. The number of pyridine rings is 1. The molecule has 0 aliphatic heterocycles. The molecule has 0 aliphatic carbocycles. The molecule has 0 spiro atoms. The van der Waals surface area contributed by atoms with Gasteiger partial charge in [0.05, 0.1) is 6.20 Å². The summed E-state index contributed by atoms with van der Waals surface area (Å²) in [4.78, 5) is 3.79. The summed E-state index contributed by atoms with van der Waals surface area (Å²) < 4.78 is 18.0. The van der Waals surface area contributed by atoms with E-state index in [0.717, 1.165) is 6.20 Å². The molecule has 0 aromatic carbocycles. The molecule has 2 aromatic heterocycles. The van der Waals surface area contributed by atoms with Crippen LogP contribution in [0, 0.1) is 9.71 Å². The first kappa shape index (κ1) is 8.54. The molecule has 0 bridgehead atoms. The minimum absolute atomic E-state index is 0.296. The van der Waals surface area contributed by atoms with Gasteiger partial charge in [0.2, 0.25) is 0 Å². The van der Waals surface area contributed by atoms with E-state index in [2.05, 4.69) is 15.2 Å². The molecule has 13 heavy (non-hydrogen) atoms. The van der Waals surface area contributed by atoms with Crippen molar-refractivity contribution in [1.29, 1.82) is 0 Å². The van der Waals surface area contributed by atoms with Crippen molar-refractivity contribution >= 4 is 22.6 Å². The molecule has 0 saturated carbocycles. The van der Waals surface area contributed by atoms with E-state index >= 15 is 0 Å². The maximum Gasteiger partial charge on any atom is 0.278 e. The lowest BCUT2D eigenvalue weighted by molar-refractivity contribution is 0.534. The second kappa shape index (κ2) is 3.36. The van der Waals surface area contributed by atoms with Gasteiger partial charge in [-0.2, -0.15) is 0 Å². The molecule has 0 amide bonds. The van der Waals surface area contributed by atoms with Gasteiger partial charge in [0.1, 0.15) is 11.5 Å². The fourth-order valence-corrected chi connectivity index (χ4v) is 1.13. The lowest BCUT2D eigenvalue weighted by Crippen LogP contribution is -1.84. The Bertz CT molecular complexity index is 414. The fourth-order valence-electron chi connectivity index (χ4n) is 0.811. The van der Waals surface area contributed by atoms with Crippen molar-refractivity contribution in [2.45, 2.75) is 0 Å². The Balaban J connectivity index is 2.41. The first-order valence-electron chi connectivity index (χ1n) is 3.36. The van der Waals surface area contributed by atoms with Crippen LogP contribution < -0.4 is 0 Å². The molecule has 2 heterocycles. The number of rotatable bonds is 1. The van der Waals surface area contributed by atoms with Crippen molar-refractivity contribution in [3.05, 3.63) is 28.0 Å². The monoisotopic (exact) mass is 291 g/mol. The van der Waals surface area contributed by atoms with Crippen LogP contribution in [0.25, 0.3) is 11.6 Å². The predicted molar refractivity (Wildman–Crippen MR) is 50.2 cm³/mol. The summed E-state index contributed by atoms with van der Waals surface area (Å²) in [6.07, 6.45) is 1.10. The van der Waals surface area contributed by atoms with Crippen LogP contribution in [-0.4, -0.2) is 15.2 Å². The van der Waals surface area contributed by atoms with Crippen molar-refractivity contribution < 1.29 is 8.81 Å². The van der Waals surface area contributed by atoms with E-state index in [0.29, 0.717) is 15.5 Å². The lowest BCUT2D eigenvalue weighted by atomic mass is 10.3. The molecule has 66 valence electrons. The zero-order valence-electron chi connectivity index (χ0n) is 6.24. The van der Waals surface area contributed by atoms with E-state index in [1.54, 1.807) is 0 Å². The Kier molecular flexibility index (Phi) is 2.21. The summed E-state index contributed by atoms with van der Waals surface area (Å²) in [5.74, 6) is -0.0950. The number of aromatic nitrogens is 3. The van der Waals surface area contributed by atoms with E-state index < -0.39 is 5.82 Å². The summed E-state index contributed by atoms with van der Waals surface area (Å²) in [6, 6.07) is 2.78. The third-order valence-corrected chi connectivity index (χ3v) is 1.78. The van der Waals surface area contributed by atoms with Crippen molar-refractivity contribution in [3.8, 4) is 11.6 Å². The van der Waals surface area contributed by atoms with Gasteiger partial charge in [0, 0.05) is 22.6 Å². The lowest BCUT2D eigenvalue weighted by Gasteiger charge is -1.91. The van der Waals surface area contributed by atoms with Crippen molar-refractivity contribution in [2.75, 3.05) is 0 Å². The van der Waals surface area contributed by atoms with Gasteiger partial charge in [-0.25, -0.2) is 9.37 Å². The average Bonchev–Trinajstić information content (AvgIpc) is 2.53. The smallest absolute Gasteiger partial charge is 0.278 e. The number of halogens is 2. The number of nitrogens with zero attached hydrogens (tertiary/aromatic N) is 3. The summed E-state index contributed by atoms with van der Waals surface area (Å²) in [5, 5.41) is 7.36. The van der Waals surface area contributed by atoms with Crippen LogP contribution in [0.15, 0.2) is 22.7 Å². The summed E-state index contributed by atoms with van der Waals surface area (Å²) >= 11 is 1.89. The molecule has 0 unspecified atom stereocenters. The molecule has 6 heteroatoms. The highest BCUT2D eigenvalue weighted by Gasteiger charge is 2.07. The Labute approximate surface area is 86.3 Å². The number of hydrogen-bond donors (Lipinski definition) is 0. The second-order valence-corrected chi connectivity index (χ2v) is 3.14. The molecule has 4 nitrogen and oxygen atoms in total. The predicted octanol–water partition coefficient (Wildman–Crippen LogP) is 1.88. The SMILES string of the molecule is Fc1ccc(-c2nnc(I)o2)nc1. The topological polar surface area (TPSA) is 51.8 Å². The van der Waals surface area contributed by atoms with Gasteiger partial charge in [-0.3, -0.25) is 0 Å². The van der Waals surface area contributed by atoms with E-state index in [4.69, 9.17) is 4.42 Å². The molecule has 0 radical (unpaired) electrons. The molecular formula is C7H3FIN3O. The molecule has 2 rings (SSSR count). The summed E-state index contributed by atoms with van der Waals surface area (Å²) in [6.45, 7) is 0. The maximum absolute atomic E-state index is 12.5. The average molecular weight is 291 g/mol. The zero-order chi connectivity index (χ0) is 9.26. The zero-order valence-corrected chi connectivity index (χ0v) is 8.40. The van der Waals surface area contributed by atoms with Gasteiger partial charge < -0.3 is 4.42 Å². The van der Waals surface area contributed by atoms with Gasteiger partial charge >= 0.3 is 0 Å². The minimum Gasteiger partial charge on any atom is -0.410 e. The van der Waals surface area contributed by atoms with Crippen molar-refractivity contribution in [2.24, 2.45) is 0 Å². The molecule has 0 aliphatic rings. The van der Waals surface area contributed by atoms with Crippen molar-refractivity contribution in [3.63, 3.8) is 0 Å². The van der Waals surface area contributed by atoms with Crippen LogP contribution >= 0.6 is 22.6 Å². The second-order valence-electron chi connectivity index (χ2n) is 2.22. The third-order valence-electron chi connectivity index (χ3n) is 1.35.